The van der Waals surface area contributed by atoms with Crippen molar-refractivity contribution >= 4 is 22.8 Å². The summed E-state index contributed by atoms with van der Waals surface area (Å²) in [6.07, 6.45) is 2.26. The van der Waals surface area contributed by atoms with E-state index in [1.54, 1.807) is 31.2 Å². The number of nitrogens with zero attached hydrogens (tertiary/aromatic N) is 4. The highest BCUT2D eigenvalue weighted by Crippen LogP contribution is 2.18. The summed E-state index contributed by atoms with van der Waals surface area (Å²) in [5.74, 6) is -0.725. The molecule has 8 nitrogen and oxygen atoms in total. The van der Waals surface area contributed by atoms with Crippen molar-refractivity contribution in [2.75, 3.05) is 13.2 Å². The molecule has 2 heterocycles. The highest BCUT2D eigenvalue weighted by atomic mass is 16.5. The maximum atomic E-state index is 12.7. The third kappa shape index (κ3) is 3.52. The Morgan fingerprint density at radius 3 is 2.88 bits per heavy atom. The van der Waals surface area contributed by atoms with E-state index in [-0.39, 0.29) is 24.6 Å². The minimum Gasteiger partial charge on any atom is -0.464 e. The van der Waals surface area contributed by atoms with Crippen molar-refractivity contribution in [3.05, 3.63) is 34.6 Å². The SMILES string of the molecule is CCOC(=O)[C@H]1CCCCN1C(=O)Cn1nnc2ccccc2c1=O. The van der Waals surface area contributed by atoms with Gasteiger partial charge in [-0.05, 0) is 38.3 Å². The number of ether oxygens (including phenoxy) is 1. The number of carbonyl (C=O) groups excluding carboxylic acids is 2. The number of benzene rings is 1. The molecule has 0 radical (unpaired) electrons. The van der Waals surface area contributed by atoms with E-state index in [0.29, 0.717) is 23.9 Å². The molecule has 1 aromatic heterocycles. The van der Waals surface area contributed by atoms with Crippen LogP contribution in [0.3, 0.4) is 0 Å². The highest BCUT2D eigenvalue weighted by Gasteiger charge is 2.33. The quantitative estimate of drug-likeness (QED) is 0.759. The lowest BCUT2D eigenvalue weighted by Crippen LogP contribution is -2.50. The Hall–Kier alpha value is -2.77. The fraction of sp³-hybridized carbons (Fsp3) is 0.471. The summed E-state index contributed by atoms with van der Waals surface area (Å²) < 4.78 is 6.11. The summed E-state index contributed by atoms with van der Waals surface area (Å²) in [5.41, 5.74) is 0.113. The number of fused-ring (bicyclic) bond motifs is 1. The van der Waals surface area contributed by atoms with E-state index >= 15 is 0 Å². The van der Waals surface area contributed by atoms with Gasteiger partial charge in [0.05, 0.1) is 12.0 Å². The van der Waals surface area contributed by atoms with Gasteiger partial charge in [-0.15, -0.1) is 5.10 Å². The smallest absolute Gasteiger partial charge is 0.328 e. The van der Waals surface area contributed by atoms with E-state index in [1.807, 2.05) is 0 Å². The number of likely N-dealkylation sites (tertiary alicyclic amines) is 1. The van der Waals surface area contributed by atoms with Crippen LogP contribution in [0.1, 0.15) is 26.2 Å². The van der Waals surface area contributed by atoms with Gasteiger partial charge >= 0.3 is 5.97 Å². The first-order valence-electron chi connectivity index (χ1n) is 8.40. The van der Waals surface area contributed by atoms with Crippen LogP contribution in [0.5, 0.6) is 0 Å². The highest BCUT2D eigenvalue weighted by molar-refractivity contribution is 5.85. The lowest BCUT2D eigenvalue weighted by Gasteiger charge is -2.33. The van der Waals surface area contributed by atoms with Crippen LogP contribution in [0.4, 0.5) is 0 Å². The van der Waals surface area contributed by atoms with E-state index in [4.69, 9.17) is 4.74 Å². The number of esters is 1. The number of hydrogen-bond acceptors (Lipinski definition) is 6. The van der Waals surface area contributed by atoms with Gasteiger partial charge in [-0.25, -0.2) is 9.48 Å². The second-order valence-electron chi connectivity index (χ2n) is 5.92. The number of piperidine rings is 1. The summed E-state index contributed by atoms with van der Waals surface area (Å²) in [5, 5.41) is 8.22. The summed E-state index contributed by atoms with van der Waals surface area (Å²) >= 11 is 0. The van der Waals surface area contributed by atoms with Crippen molar-refractivity contribution < 1.29 is 14.3 Å². The van der Waals surface area contributed by atoms with Crippen LogP contribution < -0.4 is 5.56 Å². The fourth-order valence-electron chi connectivity index (χ4n) is 3.06. The average molecular weight is 344 g/mol. The standard InChI is InChI=1S/C17H20N4O4/c1-2-25-17(24)14-9-5-6-10-20(14)15(22)11-21-16(23)12-7-3-4-8-13(12)18-19-21/h3-4,7-8,14H,2,5-6,9-11H2,1H3/t14-/m1/s1. The molecule has 8 heteroatoms. The maximum absolute atomic E-state index is 12.7. The van der Waals surface area contributed by atoms with Gasteiger partial charge in [0.25, 0.3) is 5.56 Å². The third-order valence-electron chi connectivity index (χ3n) is 4.30. The van der Waals surface area contributed by atoms with Crippen molar-refractivity contribution in [2.45, 2.75) is 38.8 Å². The second-order valence-corrected chi connectivity index (χ2v) is 5.92. The fourth-order valence-corrected chi connectivity index (χ4v) is 3.06. The molecule has 132 valence electrons. The lowest BCUT2D eigenvalue weighted by molar-refractivity contribution is -0.157. The molecule has 1 aliphatic rings. The second kappa shape index (κ2) is 7.42. The molecule has 1 amide bonds. The molecular weight excluding hydrogens is 324 g/mol. The maximum Gasteiger partial charge on any atom is 0.328 e. The van der Waals surface area contributed by atoms with Crippen LogP contribution in [-0.4, -0.2) is 51.0 Å². The summed E-state index contributed by atoms with van der Waals surface area (Å²) in [7, 11) is 0. The molecule has 1 aliphatic heterocycles. The van der Waals surface area contributed by atoms with Crippen LogP contribution in [0.25, 0.3) is 10.9 Å². The van der Waals surface area contributed by atoms with Gasteiger partial charge in [-0.1, -0.05) is 17.3 Å². The molecule has 2 aromatic rings. The summed E-state index contributed by atoms with van der Waals surface area (Å²) in [6, 6.07) is 6.25. The first-order chi connectivity index (χ1) is 12.1. The molecule has 3 rings (SSSR count). The number of carbonyl (C=O) groups is 2. The third-order valence-corrected chi connectivity index (χ3v) is 4.30. The van der Waals surface area contributed by atoms with Gasteiger partial charge in [-0.2, -0.15) is 0 Å². The van der Waals surface area contributed by atoms with Crippen molar-refractivity contribution in [3.8, 4) is 0 Å². The van der Waals surface area contributed by atoms with Crippen LogP contribution in [0.2, 0.25) is 0 Å². The zero-order valence-corrected chi connectivity index (χ0v) is 14.1. The molecule has 0 unspecified atom stereocenters. The Morgan fingerprint density at radius 1 is 1.28 bits per heavy atom. The number of amides is 1. The molecule has 1 fully saturated rings. The number of aromatic nitrogens is 3. The van der Waals surface area contributed by atoms with Crippen molar-refractivity contribution in [1.29, 1.82) is 0 Å². The Kier molecular flexibility index (Phi) is 5.06. The van der Waals surface area contributed by atoms with Gasteiger partial charge in [0.2, 0.25) is 5.91 Å². The summed E-state index contributed by atoms with van der Waals surface area (Å²) in [6.45, 7) is 2.23. The van der Waals surface area contributed by atoms with E-state index in [0.717, 1.165) is 17.5 Å². The van der Waals surface area contributed by atoms with E-state index in [9.17, 15) is 14.4 Å². The predicted octanol–water partition coefficient (Wildman–Crippen LogP) is 0.736. The van der Waals surface area contributed by atoms with Crippen molar-refractivity contribution in [2.24, 2.45) is 0 Å². The molecule has 1 aromatic carbocycles. The zero-order chi connectivity index (χ0) is 17.8. The zero-order valence-electron chi connectivity index (χ0n) is 14.1. The monoisotopic (exact) mass is 344 g/mol. The normalized spacial score (nSPS) is 17.5. The van der Waals surface area contributed by atoms with Crippen molar-refractivity contribution in [3.63, 3.8) is 0 Å². The topological polar surface area (TPSA) is 94.4 Å². The van der Waals surface area contributed by atoms with E-state index in [2.05, 4.69) is 10.3 Å². The molecule has 0 saturated carbocycles. The van der Waals surface area contributed by atoms with E-state index < -0.39 is 12.0 Å². The molecule has 0 N–H and O–H groups in total. The molecule has 0 bridgehead atoms. The molecule has 25 heavy (non-hydrogen) atoms. The molecule has 0 aliphatic carbocycles. The predicted molar refractivity (Wildman–Crippen MR) is 89.8 cm³/mol. The Balaban J connectivity index is 1.82. The molecule has 1 saturated heterocycles. The summed E-state index contributed by atoms with van der Waals surface area (Å²) in [4.78, 5) is 38.7. The molecule has 1 atom stereocenters. The van der Waals surface area contributed by atoms with Gasteiger partial charge < -0.3 is 9.64 Å². The first kappa shape index (κ1) is 17.1. The van der Waals surface area contributed by atoms with Crippen LogP contribution in [0.15, 0.2) is 29.1 Å². The Bertz CT molecular complexity index is 848. The average Bonchev–Trinajstić information content (AvgIpc) is 2.64. The van der Waals surface area contributed by atoms with Gasteiger partial charge in [0.1, 0.15) is 18.1 Å². The minimum absolute atomic E-state index is 0.243. The largest absolute Gasteiger partial charge is 0.464 e. The Labute approximate surface area is 144 Å². The van der Waals surface area contributed by atoms with Crippen LogP contribution in [0, 0.1) is 0 Å². The lowest BCUT2D eigenvalue weighted by atomic mass is 10.0. The van der Waals surface area contributed by atoms with Gasteiger partial charge in [0.15, 0.2) is 0 Å². The number of rotatable bonds is 4. The Morgan fingerprint density at radius 2 is 2.08 bits per heavy atom. The molecule has 0 spiro atoms. The van der Waals surface area contributed by atoms with Gasteiger partial charge in [0, 0.05) is 6.54 Å². The minimum atomic E-state index is -0.592. The van der Waals surface area contributed by atoms with Crippen molar-refractivity contribution in [1.82, 2.24) is 19.9 Å². The van der Waals surface area contributed by atoms with Gasteiger partial charge in [-0.3, -0.25) is 9.59 Å². The first-order valence-corrected chi connectivity index (χ1v) is 8.40. The molecular formula is C17H20N4O4. The number of hydrogen-bond donors (Lipinski definition) is 0. The van der Waals surface area contributed by atoms with Crippen LogP contribution >= 0.6 is 0 Å². The van der Waals surface area contributed by atoms with E-state index in [1.165, 1.54) is 4.90 Å². The van der Waals surface area contributed by atoms with Crippen LogP contribution in [-0.2, 0) is 20.9 Å².